The third-order valence-electron chi connectivity index (χ3n) is 2.65. The first-order chi connectivity index (χ1) is 9.02. The summed E-state index contributed by atoms with van der Waals surface area (Å²) < 4.78 is 5.56. The number of nitrogens with one attached hydrogen (secondary N) is 1. The van der Waals surface area contributed by atoms with Crippen molar-refractivity contribution in [2.45, 2.75) is 45.1 Å². The van der Waals surface area contributed by atoms with Crippen LogP contribution < -0.4 is 10.1 Å². The van der Waals surface area contributed by atoms with E-state index in [0.717, 1.165) is 12.8 Å². The normalized spacial score (nSPS) is 12.3. The van der Waals surface area contributed by atoms with Crippen LogP contribution in [0.2, 0.25) is 0 Å². The number of alkyl halides is 1. The minimum Gasteiger partial charge on any atom is -0.491 e. The first kappa shape index (κ1) is 15.8. The first-order valence-corrected chi connectivity index (χ1v) is 7.15. The smallest absolute Gasteiger partial charge is 0.251 e. The third-order valence-corrected chi connectivity index (χ3v) is 3.18. The highest BCUT2D eigenvalue weighted by Crippen LogP contribution is 2.15. The molecule has 1 aromatic carbocycles. The zero-order valence-corrected chi connectivity index (χ0v) is 12.5. The molecule has 1 aromatic rings. The van der Waals surface area contributed by atoms with Crippen LogP contribution >= 0.6 is 11.6 Å². The highest BCUT2D eigenvalue weighted by Gasteiger charge is 2.08. The summed E-state index contributed by atoms with van der Waals surface area (Å²) in [5.41, 5.74) is 0.612. The second-order valence-corrected chi connectivity index (χ2v) is 5.36. The van der Waals surface area contributed by atoms with Crippen LogP contribution in [-0.4, -0.2) is 23.9 Å². The molecule has 0 aliphatic heterocycles. The number of halogens is 1. The van der Waals surface area contributed by atoms with E-state index in [4.69, 9.17) is 16.3 Å². The zero-order chi connectivity index (χ0) is 14.3. The van der Waals surface area contributed by atoms with E-state index in [0.29, 0.717) is 17.9 Å². The van der Waals surface area contributed by atoms with Crippen molar-refractivity contribution in [1.82, 2.24) is 5.32 Å². The van der Waals surface area contributed by atoms with Gasteiger partial charge in [-0.2, -0.15) is 0 Å². The standard InChI is InChI=1S/C15H22ClNO2/c1-4-13(16)8-9-17-15(18)12-6-5-7-14(10-12)19-11(2)3/h5-7,10-11,13H,4,8-9H2,1-3H3,(H,17,18). The molecule has 0 aliphatic carbocycles. The summed E-state index contributed by atoms with van der Waals surface area (Å²) >= 11 is 6.01. The topological polar surface area (TPSA) is 38.3 Å². The molecule has 0 radical (unpaired) electrons. The van der Waals surface area contributed by atoms with Gasteiger partial charge >= 0.3 is 0 Å². The summed E-state index contributed by atoms with van der Waals surface area (Å²) in [6, 6.07) is 7.21. The van der Waals surface area contributed by atoms with E-state index in [-0.39, 0.29) is 17.4 Å². The molecule has 3 nitrogen and oxygen atoms in total. The predicted molar refractivity (Wildman–Crippen MR) is 79.1 cm³/mol. The molecule has 1 atom stereocenters. The van der Waals surface area contributed by atoms with Gasteiger partial charge in [-0.3, -0.25) is 4.79 Å². The molecule has 0 spiro atoms. The Hall–Kier alpha value is -1.22. The number of rotatable bonds is 7. The highest BCUT2D eigenvalue weighted by atomic mass is 35.5. The molecule has 0 fully saturated rings. The van der Waals surface area contributed by atoms with Crippen LogP contribution in [-0.2, 0) is 0 Å². The van der Waals surface area contributed by atoms with Crippen LogP contribution in [0.4, 0.5) is 0 Å². The lowest BCUT2D eigenvalue weighted by atomic mass is 10.2. The Bertz CT molecular complexity index is 407. The predicted octanol–water partition coefficient (Wildman–Crippen LogP) is 3.61. The molecule has 0 heterocycles. The Morgan fingerprint density at radius 2 is 2.16 bits per heavy atom. The van der Waals surface area contributed by atoms with Gasteiger partial charge < -0.3 is 10.1 Å². The first-order valence-electron chi connectivity index (χ1n) is 6.72. The van der Waals surface area contributed by atoms with Gasteiger partial charge in [0.2, 0.25) is 0 Å². The largest absolute Gasteiger partial charge is 0.491 e. The fourth-order valence-corrected chi connectivity index (χ4v) is 1.74. The van der Waals surface area contributed by atoms with Crippen molar-refractivity contribution in [3.8, 4) is 5.75 Å². The van der Waals surface area contributed by atoms with Gasteiger partial charge in [-0.15, -0.1) is 11.6 Å². The van der Waals surface area contributed by atoms with E-state index >= 15 is 0 Å². The molecular formula is C15H22ClNO2. The molecule has 1 rings (SSSR count). The minimum absolute atomic E-state index is 0.0887. The zero-order valence-electron chi connectivity index (χ0n) is 11.8. The van der Waals surface area contributed by atoms with Crippen LogP contribution in [0.3, 0.4) is 0 Å². The van der Waals surface area contributed by atoms with E-state index in [1.54, 1.807) is 12.1 Å². The van der Waals surface area contributed by atoms with Gasteiger partial charge in [0, 0.05) is 17.5 Å². The second kappa shape index (κ2) is 8.05. The average molecular weight is 284 g/mol. The molecule has 1 unspecified atom stereocenters. The fourth-order valence-electron chi connectivity index (χ4n) is 1.63. The van der Waals surface area contributed by atoms with Crippen LogP contribution in [0.5, 0.6) is 5.75 Å². The summed E-state index contributed by atoms with van der Waals surface area (Å²) in [7, 11) is 0. The fraction of sp³-hybridized carbons (Fsp3) is 0.533. The maximum atomic E-state index is 11.9. The van der Waals surface area contributed by atoms with Crippen molar-refractivity contribution in [3.63, 3.8) is 0 Å². The molecule has 0 aromatic heterocycles. The summed E-state index contributed by atoms with van der Waals surface area (Å²) in [4.78, 5) is 11.9. The van der Waals surface area contributed by atoms with Crippen LogP contribution in [0, 0.1) is 0 Å². The molecule has 0 aliphatic rings. The van der Waals surface area contributed by atoms with Crippen molar-refractivity contribution in [2.24, 2.45) is 0 Å². The van der Waals surface area contributed by atoms with Gasteiger partial charge in [0.05, 0.1) is 6.10 Å². The van der Waals surface area contributed by atoms with Crippen molar-refractivity contribution >= 4 is 17.5 Å². The maximum absolute atomic E-state index is 11.9. The summed E-state index contributed by atoms with van der Waals surface area (Å²) in [6.45, 7) is 6.54. The van der Waals surface area contributed by atoms with Crippen molar-refractivity contribution in [2.75, 3.05) is 6.54 Å². The summed E-state index contributed by atoms with van der Waals surface area (Å²) in [5.74, 6) is 0.626. The number of hydrogen-bond donors (Lipinski definition) is 1. The molecular weight excluding hydrogens is 262 g/mol. The molecule has 1 amide bonds. The summed E-state index contributed by atoms with van der Waals surface area (Å²) in [5, 5.41) is 2.99. The number of benzene rings is 1. The Morgan fingerprint density at radius 1 is 1.42 bits per heavy atom. The van der Waals surface area contributed by atoms with Crippen LogP contribution in [0.15, 0.2) is 24.3 Å². The van der Waals surface area contributed by atoms with Crippen LogP contribution in [0.1, 0.15) is 44.0 Å². The maximum Gasteiger partial charge on any atom is 0.251 e. The lowest BCUT2D eigenvalue weighted by Gasteiger charge is -2.11. The Balaban J connectivity index is 2.52. The number of carbonyl (C=O) groups excluding carboxylic acids is 1. The van der Waals surface area contributed by atoms with Gasteiger partial charge in [-0.1, -0.05) is 13.0 Å². The van der Waals surface area contributed by atoms with Crippen molar-refractivity contribution in [1.29, 1.82) is 0 Å². The lowest BCUT2D eigenvalue weighted by molar-refractivity contribution is 0.0952. The Labute approximate surface area is 120 Å². The Kier molecular flexibility index (Phi) is 6.71. The number of ether oxygens (including phenoxy) is 1. The van der Waals surface area contributed by atoms with Crippen LogP contribution in [0.25, 0.3) is 0 Å². The molecule has 4 heteroatoms. The average Bonchev–Trinajstić information content (AvgIpc) is 2.37. The number of hydrogen-bond acceptors (Lipinski definition) is 2. The molecule has 1 N–H and O–H groups in total. The number of carbonyl (C=O) groups is 1. The lowest BCUT2D eigenvalue weighted by Crippen LogP contribution is -2.26. The third kappa shape index (κ3) is 5.97. The van der Waals surface area contributed by atoms with Gasteiger partial charge in [-0.25, -0.2) is 0 Å². The van der Waals surface area contributed by atoms with Gasteiger partial charge in [0.25, 0.3) is 5.91 Å². The molecule has 19 heavy (non-hydrogen) atoms. The second-order valence-electron chi connectivity index (χ2n) is 4.74. The van der Waals surface area contributed by atoms with Crippen molar-refractivity contribution in [3.05, 3.63) is 29.8 Å². The van der Waals surface area contributed by atoms with E-state index in [2.05, 4.69) is 5.32 Å². The molecule has 0 saturated carbocycles. The minimum atomic E-state index is -0.0887. The Morgan fingerprint density at radius 3 is 2.79 bits per heavy atom. The van der Waals surface area contributed by atoms with Crippen molar-refractivity contribution < 1.29 is 9.53 Å². The van der Waals surface area contributed by atoms with E-state index in [1.807, 2.05) is 32.9 Å². The van der Waals surface area contributed by atoms with Gasteiger partial charge in [0.1, 0.15) is 5.75 Å². The monoisotopic (exact) mass is 283 g/mol. The number of amides is 1. The molecule has 0 saturated heterocycles. The van der Waals surface area contributed by atoms with Gasteiger partial charge in [-0.05, 0) is 44.9 Å². The van der Waals surface area contributed by atoms with E-state index < -0.39 is 0 Å². The molecule has 0 bridgehead atoms. The SMILES string of the molecule is CCC(Cl)CCNC(=O)c1cccc(OC(C)C)c1. The molecule has 106 valence electrons. The highest BCUT2D eigenvalue weighted by molar-refractivity contribution is 6.20. The van der Waals surface area contributed by atoms with E-state index in [9.17, 15) is 4.79 Å². The quantitative estimate of drug-likeness (QED) is 0.776. The van der Waals surface area contributed by atoms with E-state index in [1.165, 1.54) is 0 Å². The van der Waals surface area contributed by atoms with Gasteiger partial charge in [0.15, 0.2) is 0 Å². The summed E-state index contributed by atoms with van der Waals surface area (Å²) in [6.07, 6.45) is 1.79.